The Morgan fingerprint density at radius 2 is 2.05 bits per heavy atom. The first-order chi connectivity index (χ1) is 9.49. The van der Waals surface area contributed by atoms with Crippen LogP contribution in [0.25, 0.3) is 0 Å². The van der Waals surface area contributed by atoms with Crippen LogP contribution in [0.15, 0.2) is 18.2 Å². The van der Waals surface area contributed by atoms with E-state index in [2.05, 4.69) is 5.32 Å². The Morgan fingerprint density at radius 3 is 2.70 bits per heavy atom. The summed E-state index contributed by atoms with van der Waals surface area (Å²) in [4.78, 5) is 22.6. The number of nitro groups is 1. The van der Waals surface area contributed by atoms with E-state index in [0.29, 0.717) is 0 Å². The van der Waals surface area contributed by atoms with E-state index in [1.54, 1.807) is 0 Å². The Balaban J connectivity index is 2.20. The van der Waals surface area contributed by atoms with Crippen molar-refractivity contribution in [2.45, 2.75) is 37.1 Å². The van der Waals surface area contributed by atoms with Crippen LogP contribution in [0.1, 0.15) is 36.0 Å². The highest BCUT2D eigenvalue weighted by Crippen LogP contribution is 2.26. The molecule has 1 aliphatic rings. The summed E-state index contributed by atoms with van der Waals surface area (Å²) in [5.41, 5.74) is -0.286. The standard InChI is InChI=1S/C13H14Cl2N2O3/c14-8-5-6-12(17(19)20)9(7-8)13(18)16-11-4-2-1-3-10(11)15/h5-7,10-11H,1-4H2,(H,16,18). The fraction of sp³-hybridized carbons (Fsp3) is 0.462. The molecule has 2 unspecified atom stereocenters. The van der Waals surface area contributed by atoms with Gasteiger partial charge in [0.15, 0.2) is 0 Å². The van der Waals surface area contributed by atoms with Gasteiger partial charge in [-0.3, -0.25) is 14.9 Å². The average molecular weight is 317 g/mol. The van der Waals surface area contributed by atoms with E-state index in [1.807, 2.05) is 0 Å². The van der Waals surface area contributed by atoms with Gasteiger partial charge < -0.3 is 5.32 Å². The zero-order chi connectivity index (χ0) is 14.7. The van der Waals surface area contributed by atoms with Gasteiger partial charge in [-0.05, 0) is 25.0 Å². The van der Waals surface area contributed by atoms with Gasteiger partial charge in [0.25, 0.3) is 11.6 Å². The minimum atomic E-state index is -0.593. The predicted octanol–water partition coefficient (Wildman–Crippen LogP) is 3.53. The largest absolute Gasteiger partial charge is 0.348 e. The molecule has 2 atom stereocenters. The molecular formula is C13H14Cl2N2O3. The van der Waals surface area contributed by atoms with Crippen molar-refractivity contribution < 1.29 is 9.72 Å². The van der Waals surface area contributed by atoms with Crippen LogP contribution in [0.5, 0.6) is 0 Å². The maximum atomic E-state index is 12.2. The lowest BCUT2D eigenvalue weighted by Gasteiger charge is -2.27. The lowest BCUT2D eigenvalue weighted by Crippen LogP contribution is -2.43. The van der Waals surface area contributed by atoms with Crippen LogP contribution < -0.4 is 5.32 Å². The number of alkyl halides is 1. The lowest BCUT2D eigenvalue weighted by atomic mass is 9.94. The minimum absolute atomic E-state index is 0.0306. The summed E-state index contributed by atoms with van der Waals surface area (Å²) < 4.78 is 0. The van der Waals surface area contributed by atoms with Gasteiger partial charge in [0, 0.05) is 17.1 Å². The second-order valence-corrected chi connectivity index (χ2v) is 5.80. The van der Waals surface area contributed by atoms with E-state index in [4.69, 9.17) is 23.2 Å². The topological polar surface area (TPSA) is 72.2 Å². The van der Waals surface area contributed by atoms with E-state index in [1.165, 1.54) is 18.2 Å². The Bertz CT molecular complexity index is 536. The van der Waals surface area contributed by atoms with Gasteiger partial charge in [0.05, 0.1) is 10.3 Å². The molecule has 0 heterocycles. The molecule has 1 fully saturated rings. The van der Waals surface area contributed by atoms with Crippen molar-refractivity contribution in [3.05, 3.63) is 38.9 Å². The molecule has 20 heavy (non-hydrogen) atoms. The normalized spacial score (nSPS) is 22.3. The summed E-state index contributed by atoms with van der Waals surface area (Å²) in [5.74, 6) is -0.503. The lowest BCUT2D eigenvalue weighted by molar-refractivity contribution is -0.385. The molecule has 0 bridgehead atoms. The molecule has 0 aliphatic heterocycles. The number of benzene rings is 1. The molecule has 1 amide bonds. The van der Waals surface area contributed by atoms with E-state index >= 15 is 0 Å². The molecule has 7 heteroatoms. The summed E-state index contributed by atoms with van der Waals surface area (Å²) in [6, 6.07) is 3.77. The van der Waals surface area contributed by atoms with Gasteiger partial charge in [-0.1, -0.05) is 24.4 Å². The van der Waals surface area contributed by atoms with Gasteiger partial charge in [0.1, 0.15) is 5.56 Å². The molecule has 1 N–H and O–H groups in total. The molecular weight excluding hydrogens is 303 g/mol. The van der Waals surface area contributed by atoms with E-state index in [9.17, 15) is 14.9 Å². The fourth-order valence-corrected chi connectivity index (χ4v) is 2.86. The Morgan fingerprint density at radius 1 is 1.35 bits per heavy atom. The number of halogens is 2. The first kappa shape index (κ1) is 15.1. The van der Waals surface area contributed by atoms with Crippen LogP contribution in [0.2, 0.25) is 5.02 Å². The van der Waals surface area contributed by atoms with Crippen molar-refractivity contribution in [2.24, 2.45) is 0 Å². The molecule has 5 nitrogen and oxygen atoms in total. The summed E-state index contributed by atoms with van der Waals surface area (Å²) in [6.45, 7) is 0. The third kappa shape index (κ3) is 3.41. The average Bonchev–Trinajstić information content (AvgIpc) is 2.40. The van der Waals surface area contributed by atoms with Gasteiger partial charge >= 0.3 is 0 Å². The van der Waals surface area contributed by atoms with Crippen LogP contribution in [-0.2, 0) is 0 Å². The van der Waals surface area contributed by atoms with Crippen molar-refractivity contribution in [1.29, 1.82) is 0 Å². The number of carbonyl (C=O) groups is 1. The van der Waals surface area contributed by atoms with Crippen molar-refractivity contribution in [1.82, 2.24) is 5.32 Å². The number of rotatable bonds is 3. The molecule has 108 valence electrons. The summed E-state index contributed by atoms with van der Waals surface area (Å²) in [6.07, 6.45) is 3.65. The molecule has 0 saturated heterocycles. The molecule has 0 radical (unpaired) electrons. The van der Waals surface area contributed by atoms with Crippen LogP contribution in [-0.4, -0.2) is 22.2 Å². The first-order valence-electron chi connectivity index (χ1n) is 6.38. The third-order valence-corrected chi connectivity index (χ3v) is 4.16. The van der Waals surface area contributed by atoms with Crippen molar-refractivity contribution >= 4 is 34.8 Å². The zero-order valence-corrected chi connectivity index (χ0v) is 12.2. The Kier molecular flexibility index (Phi) is 4.83. The maximum Gasteiger partial charge on any atom is 0.282 e. The molecule has 1 aliphatic carbocycles. The second-order valence-electron chi connectivity index (χ2n) is 4.80. The molecule has 0 aromatic heterocycles. The summed E-state index contributed by atoms with van der Waals surface area (Å²) in [7, 11) is 0. The van der Waals surface area contributed by atoms with Crippen LogP contribution in [0, 0.1) is 10.1 Å². The van der Waals surface area contributed by atoms with Gasteiger partial charge in [-0.2, -0.15) is 0 Å². The minimum Gasteiger partial charge on any atom is -0.348 e. The van der Waals surface area contributed by atoms with E-state index in [-0.39, 0.29) is 27.7 Å². The highest BCUT2D eigenvalue weighted by atomic mass is 35.5. The molecule has 1 aromatic rings. The number of nitrogens with zero attached hydrogens (tertiary/aromatic N) is 1. The van der Waals surface area contributed by atoms with Crippen LogP contribution in [0.4, 0.5) is 5.69 Å². The van der Waals surface area contributed by atoms with Crippen molar-refractivity contribution in [3.63, 3.8) is 0 Å². The molecule has 1 aromatic carbocycles. The first-order valence-corrected chi connectivity index (χ1v) is 7.19. The van der Waals surface area contributed by atoms with Gasteiger partial charge in [0.2, 0.25) is 0 Å². The van der Waals surface area contributed by atoms with Crippen LogP contribution in [0.3, 0.4) is 0 Å². The van der Waals surface area contributed by atoms with Gasteiger partial charge in [-0.15, -0.1) is 11.6 Å². The SMILES string of the molecule is O=C(NC1CCCCC1Cl)c1cc(Cl)ccc1[N+](=O)[O-]. The number of amides is 1. The number of nitrogens with one attached hydrogen (secondary N) is 1. The monoisotopic (exact) mass is 316 g/mol. The second kappa shape index (κ2) is 6.41. The number of hydrogen-bond acceptors (Lipinski definition) is 3. The summed E-state index contributed by atoms with van der Waals surface area (Å²) in [5, 5.41) is 13.9. The number of nitro benzene ring substituents is 1. The highest BCUT2D eigenvalue weighted by molar-refractivity contribution is 6.31. The summed E-state index contributed by atoms with van der Waals surface area (Å²) >= 11 is 12.0. The van der Waals surface area contributed by atoms with Crippen LogP contribution >= 0.6 is 23.2 Å². The zero-order valence-electron chi connectivity index (χ0n) is 10.6. The van der Waals surface area contributed by atoms with E-state index in [0.717, 1.165) is 25.7 Å². The number of hydrogen-bond donors (Lipinski definition) is 1. The van der Waals surface area contributed by atoms with Crippen molar-refractivity contribution in [3.8, 4) is 0 Å². The van der Waals surface area contributed by atoms with Crippen molar-refractivity contribution in [2.75, 3.05) is 0 Å². The quantitative estimate of drug-likeness (QED) is 0.526. The third-order valence-electron chi connectivity index (χ3n) is 3.40. The predicted molar refractivity (Wildman–Crippen MR) is 77.5 cm³/mol. The highest BCUT2D eigenvalue weighted by Gasteiger charge is 2.27. The van der Waals surface area contributed by atoms with E-state index < -0.39 is 10.8 Å². The number of carbonyl (C=O) groups excluding carboxylic acids is 1. The molecule has 1 saturated carbocycles. The molecule has 0 spiro atoms. The Hall–Kier alpha value is -1.33. The Labute approximate surface area is 126 Å². The smallest absolute Gasteiger partial charge is 0.282 e. The fourth-order valence-electron chi connectivity index (χ4n) is 2.34. The van der Waals surface area contributed by atoms with Gasteiger partial charge in [-0.25, -0.2) is 0 Å². The molecule has 2 rings (SSSR count). The maximum absolute atomic E-state index is 12.2.